The predicted octanol–water partition coefficient (Wildman–Crippen LogP) is 2.45. The van der Waals surface area contributed by atoms with E-state index < -0.39 is 0 Å². The number of rotatable bonds is 5. The summed E-state index contributed by atoms with van der Waals surface area (Å²) in [5, 5.41) is 9.71. The van der Waals surface area contributed by atoms with Gasteiger partial charge in [0.2, 0.25) is 5.91 Å². The Balaban J connectivity index is 1.67. The smallest absolute Gasteiger partial charge is 0.237 e. The van der Waals surface area contributed by atoms with Crippen LogP contribution in [0.3, 0.4) is 0 Å². The summed E-state index contributed by atoms with van der Waals surface area (Å²) in [7, 11) is 1.66. The van der Waals surface area contributed by atoms with Crippen molar-refractivity contribution in [3.05, 3.63) is 29.8 Å². The number of methoxy groups -OCH3 is 1. The molecule has 25 heavy (non-hydrogen) atoms. The minimum Gasteiger partial charge on any atom is -0.497 e. The molecule has 1 aromatic carbocycles. The van der Waals surface area contributed by atoms with E-state index in [-0.39, 0.29) is 24.6 Å². The summed E-state index contributed by atoms with van der Waals surface area (Å²) in [6.07, 6.45) is 4.29. The Morgan fingerprint density at radius 1 is 1.20 bits per heavy atom. The average molecular weight is 346 g/mol. The maximum atomic E-state index is 13.0. The third-order valence-corrected chi connectivity index (χ3v) is 5.83. The molecule has 2 heterocycles. The van der Waals surface area contributed by atoms with Crippen LogP contribution in [0.2, 0.25) is 0 Å². The molecule has 0 spiro atoms. The lowest BCUT2D eigenvalue weighted by molar-refractivity contribution is -0.135. The number of aliphatic hydroxyl groups excluding tert-OH is 1. The Kier molecular flexibility index (Phi) is 5.97. The Hall–Kier alpha value is -1.59. The molecule has 0 bridgehead atoms. The van der Waals surface area contributed by atoms with Crippen LogP contribution >= 0.6 is 0 Å². The van der Waals surface area contributed by atoms with Crippen molar-refractivity contribution in [2.24, 2.45) is 5.92 Å². The molecule has 5 heteroatoms. The number of likely N-dealkylation sites (tertiary alicyclic amines) is 2. The molecule has 138 valence electrons. The number of ether oxygens (including phenoxy) is 1. The number of carbonyl (C=O) groups excluding carboxylic acids is 1. The van der Waals surface area contributed by atoms with Crippen molar-refractivity contribution in [1.29, 1.82) is 0 Å². The molecule has 2 fully saturated rings. The first-order valence-corrected chi connectivity index (χ1v) is 9.42. The second kappa shape index (κ2) is 8.19. The summed E-state index contributed by atoms with van der Waals surface area (Å²) < 4.78 is 5.23. The maximum absolute atomic E-state index is 13.0. The highest BCUT2D eigenvalue weighted by atomic mass is 16.5. The lowest BCUT2D eigenvalue weighted by atomic mass is 9.91. The standard InChI is InChI=1S/C20H30N2O3/c1-15-5-3-11-21(19(15)14-23)13-20(24)22-12-4-6-18(22)16-7-9-17(25-2)10-8-16/h7-10,15,18-19,23H,3-6,11-14H2,1-2H3. The minimum atomic E-state index is 0.111. The molecular weight excluding hydrogens is 316 g/mol. The highest BCUT2D eigenvalue weighted by molar-refractivity contribution is 5.79. The van der Waals surface area contributed by atoms with Gasteiger partial charge in [-0.3, -0.25) is 9.69 Å². The SMILES string of the molecule is COc1ccc(C2CCCN2C(=O)CN2CCCC(C)C2CO)cc1. The molecule has 3 rings (SSSR count). The van der Waals surface area contributed by atoms with Crippen LogP contribution in [0.1, 0.15) is 44.2 Å². The first kappa shape index (κ1) is 18.2. The Labute approximate surface area is 150 Å². The lowest BCUT2D eigenvalue weighted by Crippen LogP contribution is -2.51. The lowest BCUT2D eigenvalue weighted by Gasteiger charge is -2.39. The van der Waals surface area contributed by atoms with E-state index in [4.69, 9.17) is 4.74 Å². The van der Waals surface area contributed by atoms with Gasteiger partial charge in [0.15, 0.2) is 0 Å². The molecule has 3 atom stereocenters. The topological polar surface area (TPSA) is 53.0 Å². The molecule has 2 aliphatic rings. The van der Waals surface area contributed by atoms with Gasteiger partial charge in [-0.15, -0.1) is 0 Å². The number of piperidine rings is 1. The molecule has 1 N–H and O–H groups in total. The Morgan fingerprint density at radius 2 is 1.92 bits per heavy atom. The fourth-order valence-corrected chi connectivity index (χ4v) is 4.33. The summed E-state index contributed by atoms with van der Waals surface area (Å²) in [5.74, 6) is 1.47. The molecule has 1 amide bonds. The number of benzene rings is 1. The predicted molar refractivity (Wildman–Crippen MR) is 97.5 cm³/mol. The second-order valence-electron chi connectivity index (χ2n) is 7.36. The van der Waals surface area contributed by atoms with Crippen LogP contribution in [-0.2, 0) is 4.79 Å². The summed E-state index contributed by atoms with van der Waals surface area (Å²) in [6.45, 7) is 4.46. The van der Waals surface area contributed by atoms with Gasteiger partial charge in [-0.2, -0.15) is 0 Å². The van der Waals surface area contributed by atoms with E-state index in [0.29, 0.717) is 12.5 Å². The quantitative estimate of drug-likeness (QED) is 0.890. The van der Waals surface area contributed by atoms with Gasteiger partial charge >= 0.3 is 0 Å². The van der Waals surface area contributed by atoms with Crippen molar-refractivity contribution in [3.63, 3.8) is 0 Å². The highest BCUT2D eigenvalue weighted by Gasteiger charge is 2.34. The third kappa shape index (κ3) is 3.98. The van der Waals surface area contributed by atoms with Crippen molar-refractivity contribution in [2.45, 2.75) is 44.7 Å². The maximum Gasteiger partial charge on any atom is 0.237 e. The molecule has 0 aliphatic carbocycles. The van der Waals surface area contributed by atoms with Gasteiger partial charge in [-0.25, -0.2) is 0 Å². The number of nitrogens with zero attached hydrogens (tertiary/aromatic N) is 2. The van der Waals surface area contributed by atoms with Crippen LogP contribution in [0.4, 0.5) is 0 Å². The molecule has 0 saturated carbocycles. The Morgan fingerprint density at radius 3 is 2.60 bits per heavy atom. The highest BCUT2D eigenvalue weighted by Crippen LogP contribution is 2.33. The van der Waals surface area contributed by atoms with Gasteiger partial charge < -0.3 is 14.7 Å². The van der Waals surface area contributed by atoms with Gasteiger partial charge in [0.1, 0.15) is 5.75 Å². The third-order valence-electron chi connectivity index (χ3n) is 5.83. The summed E-state index contributed by atoms with van der Waals surface area (Å²) in [4.78, 5) is 17.2. The van der Waals surface area contributed by atoms with E-state index in [1.165, 1.54) is 5.56 Å². The zero-order valence-corrected chi connectivity index (χ0v) is 15.4. The van der Waals surface area contributed by atoms with Crippen molar-refractivity contribution < 1.29 is 14.6 Å². The van der Waals surface area contributed by atoms with Gasteiger partial charge in [0, 0.05) is 12.6 Å². The van der Waals surface area contributed by atoms with Crippen LogP contribution in [0.15, 0.2) is 24.3 Å². The van der Waals surface area contributed by atoms with Crippen molar-refractivity contribution >= 4 is 5.91 Å². The van der Waals surface area contributed by atoms with E-state index in [1.807, 2.05) is 17.0 Å². The number of carbonyl (C=O) groups is 1. The molecule has 0 radical (unpaired) electrons. The fourth-order valence-electron chi connectivity index (χ4n) is 4.33. The largest absolute Gasteiger partial charge is 0.497 e. The van der Waals surface area contributed by atoms with Crippen LogP contribution < -0.4 is 4.74 Å². The van der Waals surface area contributed by atoms with E-state index in [2.05, 4.69) is 24.0 Å². The van der Waals surface area contributed by atoms with Crippen LogP contribution in [0.25, 0.3) is 0 Å². The molecule has 1 aromatic rings. The van der Waals surface area contributed by atoms with E-state index in [0.717, 1.165) is 44.5 Å². The average Bonchev–Trinajstić information content (AvgIpc) is 3.12. The molecule has 2 aliphatic heterocycles. The van der Waals surface area contributed by atoms with Gasteiger partial charge in [0.05, 0.1) is 26.3 Å². The van der Waals surface area contributed by atoms with Crippen LogP contribution in [0, 0.1) is 5.92 Å². The number of hydrogen-bond acceptors (Lipinski definition) is 4. The Bertz CT molecular complexity index is 575. The number of aliphatic hydroxyl groups is 1. The van der Waals surface area contributed by atoms with Gasteiger partial charge in [0.25, 0.3) is 0 Å². The monoisotopic (exact) mass is 346 g/mol. The first-order chi connectivity index (χ1) is 12.1. The zero-order chi connectivity index (χ0) is 17.8. The van der Waals surface area contributed by atoms with Gasteiger partial charge in [-0.05, 0) is 55.8 Å². The molecular formula is C20H30N2O3. The van der Waals surface area contributed by atoms with Crippen LogP contribution in [-0.4, -0.2) is 60.2 Å². The van der Waals surface area contributed by atoms with Crippen molar-refractivity contribution in [2.75, 3.05) is 33.4 Å². The van der Waals surface area contributed by atoms with E-state index in [9.17, 15) is 9.90 Å². The number of hydrogen-bond donors (Lipinski definition) is 1. The minimum absolute atomic E-state index is 0.111. The fraction of sp³-hybridized carbons (Fsp3) is 0.650. The summed E-state index contributed by atoms with van der Waals surface area (Å²) >= 11 is 0. The first-order valence-electron chi connectivity index (χ1n) is 9.42. The summed E-state index contributed by atoms with van der Waals surface area (Å²) in [6, 6.07) is 8.32. The molecule has 0 aromatic heterocycles. The normalized spacial score (nSPS) is 27.5. The van der Waals surface area contributed by atoms with Crippen molar-refractivity contribution in [3.8, 4) is 5.75 Å². The van der Waals surface area contributed by atoms with Crippen molar-refractivity contribution in [1.82, 2.24) is 9.80 Å². The molecule has 5 nitrogen and oxygen atoms in total. The molecule has 3 unspecified atom stereocenters. The zero-order valence-electron chi connectivity index (χ0n) is 15.4. The number of amides is 1. The molecule has 2 saturated heterocycles. The summed E-state index contributed by atoms with van der Waals surface area (Å²) in [5.41, 5.74) is 1.18. The van der Waals surface area contributed by atoms with Crippen LogP contribution in [0.5, 0.6) is 5.75 Å². The second-order valence-corrected chi connectivity index (χ2v) is 7.36. The van der Waals surface area contributed by atoms with E-state index in [1.54, 1.807) is 7.11 Å². The van der Waals surface area contributed by atoms with Gasteiger partial charge in [-0.1, -0.05) is 19.1 Å². The van der Waals surface area contributed by atoms with E-state index >= 15 is 0 Å².